The number of aliphatic hydroxyl groups is 1. The van der Waals surface area contributed by atoms with E-state index in [2.05, 4.69) is 10.2 Å². The van der Waals surface area contributed by atoms with Gasteiger partial charge in [0, 0.05) is 6.54 Å². The number of nitrogens with zero attached hydrogens (tertiary/aromatic N) is 4. The van der Waals surface area contributed by atoms with Gasteiger partial charge in [-0.15, -0.1) is 10.2 Å². The Bertz CT molecular complexity index is 573. The van der Waals surface area contributed by atoms with Gasteiger partial charge < -0.3 is 19.3 Å². The summed E-state index contributed by atoms with van der Waals surface area (Å²) in [6, 6.07) is 0. The molecule has 0 bridgehead atoms. The first-order valence-electron chi connectivity index (χ1n) is 7.49. The summed E-state index contributed by atoms with van der Waals surface area (Å²) in [6.07, 6.45) is 1.98. The van der Waals surface area contributed by atoms with Crippen LogP contribution >= 0.6 is 0 Å². The molecule has 3 rings (SSSR count). The van der Waals surface area contributed by atoms with Gasteiger partial charge in [0.15, 0.2) is 0 Å². The van der Waals surface area contributed by atoms with Gasteiger partial charge in [-0.05, 0) is 19.8 Å². The summed E-state index contributed by atoms with van der Waals surface area (Å²) in [7, 11) is 0. The highest BCUT2D eigenvalue weighted by Crippen LogP contribution is 2.40. The molecule has 2 amide bonds. The summed E-state index contributed by atoms with van der Waals surface area (Å²) in [5.74, 6) is -0.350. The van der Waals surface area contributed by atoms with Crippen molar-refractivity contribution in [1.29, 1.82) is 0 Å². The van der Waals surface area contributed by atoms with Crippen molar-refractivity contribution < 1.29 is 19.1 Å². The molecular weight excluding hydrogens is 288 g/mol. The monoisotopic (exact) mass is 308 g/mol. The molecule has 22 heavy (non-hydrogen) atoms. The van der Waals surface area contributed by atoms with E-state index in [9.17, 15) is 14.7 Å². The number of likely N-dealkylation sites (tertiary alicyclic amines) is 2. The molecule has 2 saturated heterocycles. The Labute approximate surface area is 128 Å². The third-order valence-electron chi connectivity index (χ3n) is 4.74. The van der Waals surface area contributed by atoms with Crippen LogP contribution in [0.3, 0.4) is 0 Å². The first kappa shape index (κ1) is 15.0. The fraction of sp³-hybridized carbons (Fsp3) is 0.714. The van der Waals surface area contributed by atoms with Gasteiger partial charge in [0.1, 0.15) is 5.54 Å². The van der Waals surface area contributed by atoms with Gasteiger partial charge in [-0.1, -0.05) is 6.92 Å². The number of hydrogen-bond acceptors (Lipinski definition) is 6. The van der Waals surface area contributed by atoms with Crippen molar-refractivity contribution in [2.45, 2.75) is 44.9 Å². The van der Waals surface area contributed by atoms with Crippen LogP contribution in [0.2, 0.25) is 0 Å². The highest BCUT2D eigenvalue weighted by Gasteiger charge is 2.60. The van der Waals surface area contributed by atoms with E-state index in [-0.39, 0.29) is 18.4 Å². The van der Waals surface area contributed by atoms with Gasteiger partial charge in [-0.3, -0.25) is 9.59 Å². The summed E-state index contributed by atoms with van der Waals surface area (Å²) in [6.45, 7) is 4.60. The lowest BCUT2D eigenvalue weighted by atomic mass is 9.84. The molecule has 0 aromatic carbocycles. The standard InChI is InChI=1S/C14H20N4O4/c1-9(10(2)19)12(20)18-5-3-4-14(18)7-17(13(14)21)6-11-16-15-8-22-11/h8-10,19H,3-7H2,1-2H3/t9-,10+,14?/m0/s1. The average Bonchev–Trinajstić information content (AvgIpc) is 3.15. The number of β-lactam (4-membered cyclic amide) rings is 1. The van der Waals surface area contributed by atoms with E-state index in [4.69, 9.17) is 4.42 Å². The molecule has 0 radical (unpaired) electrons. The zero-order chi connectivity index (χ0) is 15.9. The van der Waals surface area contributed by atoms with E-state index in [1.165, 1.54) is 6.39 Å². The van der Waals surface area contributed by atoms with Crippen LogP contribution in [0.1, 0.15) is 32.6 Å². The SMILES string of the molecule is C[C@H](C(=O)N1CCCC12CN(Cc1nnco1)C2=O)[C@@H](C)O. The number of hydrogen-bond donors (Lipinski definition) is 1. The quantitative estimate of drug-likeness (QED) is 0.773. The van der Waals surface area contributed by atoms with Crippen LogP contribution in [0, 0.1) is 5.92 Å². The lowest BCUT2D eigenvalue weighted by Crippen LogP contribution is -2.73. The van der Waals surface area contributed by atoms with Crippen molar-refractivity contribution in [3.05, 3.63) is 12.3 Å². The zero-order valence-corrected chi connectivity index (χ0v) is 12.7. The first-order chi connectivity index (χ1) is 10.5. The Morgan fingerprint density at radius 1 is 1.55 bits per heavy atom. The highest BCUT2D eigenvalue weighted by atomic mass is 16.4. The molecule has 120 valence electrons. The molecule has 2 aliphatic heterocycles. The fourth-order valence-corrected chi connectivity index (χ4v) is 3.25. The molecule has 1 N–H and O–H groups in total. The molecule has 8 nitrogen and oxygen atoms in total. The Morgan fingerprint density at radius 3 is 2.91 bits per heavy atom. The fourth-order valence-electron chi connectivity index (χ4n) is 3.25. The second-order valence-corrected chi connectivity index (χ2v) is 6.15. The Balaban J connectivity index is 1.71. The third kappa shape index (κ3) is 2.18. The second-order valence-electron chi connectivity index (χ2n) is 6.15. The van der Waals surface area contributed by atoms with Crippen molar-refractivity contribution in [3.63, 3.8) is 0 Å². The highest BCUT2D eigenvalue weighted by molar-refractivity contribution is 5.97. The molecule has 0 saturated carbocycles. The molecule has 1 aromatic rings. The predicted octanol–water partition coefficient (Wildman–Crippen LogP) is -0.210. The van der Waals surface area contributed by atoms with Crippen LogP contribution in [0.4, 0.5) is 0 Å². The Kier molecular flexibility index (Phi) is 3.64. The van der Waals surface area contributed by atoms with E-state index in [0.717, 1.165) is 6.42 Å². The normalized spacial score (nSPS) is 27.1. The van der Waals surface area contributed by atoms with E-state index >= 15 is 0 Å². The first-order valence-corrected chi connectivity index (χ1v) is 7.49. The maximum absolute atomic E-state index is 12.6. The van der Waals surface area contributed by atoms with E-state index in [1.807, 2.05) is 0 Å². The number of amides is 2. The lowest BCUT2D eigenvalue weighted by molar-refractivity contribution is -0.171. The number of aliphatic hydroxyl groups excluding tert-OH is 1. The van der Waals surface area contributed by atoms with Gasteiger partial charge >= 0.3 is 0 Å². The zero-order valence-electron chi connectivity index (χ0n) is 12.7. The smallest absolute Gasteiger partial charge is 0.250 e. The maximum Gasteiger partial charge on any atom is 0.250 e. The Hall–Kier alpha value is -1.96. The third-order valence-corrected chi connectivity index (χ3v) is 4.74. The van der Waals surface area contributed by atoms with Gasteiger partial charge in [-0.2, -0.15) is 0 Å². The van der Waals surface area contributed by atoms with Crippen LogP contribution in [0.25, 0.3) is 0 Å². The van der Waals surface area contributed by atoms with Gasteiger partial charge in [0.05, 0.1) is 25.1 Å². The second kappa shape index (κ2) is 5.35. The van der Waals surface area contributed by atoms with Crippen LogP contribution in [-0.4, -0.2) is 61.7 Å². The molecular formula is C14H20N4O4. The van der Waals surface area contributed by atoms with Gasteiger partial charge in [0.25, 0.3) is 5.91 Å². The van der Waals surface area contributed by atoms with Crippen molar-refractivity contribution in [3.8, 4) is 0 Å². The van der Waals surface area contributed by atoms with E-state index in [0.29, 0.717) is 25.4 Å². The molecule has 1 unspecified atom stereocenters. The topological polar surface area (TPSA) is 99.8 Å². The van der Waals surface area contributed by atoms with E-state index < -0.39 is 17.6 Å². The van der Waals surface area contributed by atoms with Crippen molar-refractivity contribution in [2.75, 3.05) is 13.1 Å². The molecule has 2 aliphatic rings. The molecule has 3 atom stereocenters. The molecule has 3 heterocycles. The van der Waals surface area contributed by atoms with Gasteiger partial charge in [0.2, 0.25) is 18.2 Å². The minimum Gasteiger partial charge on any atom is -0.426 e. The van der Waals surface area contributed by atoms with Crippen molar-refractivity contribution in [2.24, 2.45) is 5.92 Å². The maximum atomic E-state index is 12.6. The van der Waals surface area contributed by atoms with Crippen LogP contribution in [-0.2, 0) is 16.1 Å². The number of rotatable bonds is 4. The number of carbonyl (C=O) groups is 2. The summed E-state index contributed by atoms with van der Waals surface area (Å²) in [4.78, 5) is 28.4. The summed E-state index contributed by atoms with van der Waals surface area (Å²) in [5.41, 5.74) is -0.736. The van der Waals surface area contributed by atoms with Crippen molar-refractivity contribution >= 4 is 11.8 Å². The molecule has 2 fully saturated rings. The lowest BCUT2D eigenvalue weighted by Gasteiger charge is -2.51. The predicted molar refractivity (Wildman–Crippen MR) is 74.2 cm³/mol. The molecule has 1 aromatic heterocycles. The van der Waals surface area contributed by atoms with Crippen molar-refractivity contribution in [1.82, 2.24) is 20.0 Å². The summed E-state index contributed by atoms with van der Waals surface area (Å²) >= 11 is 0. The van der Waals surface area contributed by atoms with E-state index in [1.54, 1.807) is 23.6 Å². The molecule has 1 spiro atoms. The minimum absolute atomic E-state index is 0.0747. The average molecular weight is 308 g/mol. The van der Waals surface area contributed by atoms with Crippen LogP contribution in [0.5, 0.6) is 0 Å². The number of aromatic nitrogens is 2. The summed E-state index contributed by atoms with van der Waals surface area (Å²) in [5, 5.41) is 17.0. The van der Waals surface area contributed by atoms with Crippen LogP contribution in [0.15, 0.2) is 10.8 Å². The molecule has 0 aliphatic carbocycles. The van der Waals surface area contributed by atoms with Gasteiger partial charge in [-0.25, -0.2) is 0 Å². The largest absolute Gasteiger partial charge is 0.426 e. The molecule has 8 heteroatoms. The van der Waals surface area contributed by atoms with Crippen LogP contribution < -0.4 is 0 Å². The Morgan fingerprint density at radius 2 is 2.32 bits per heavy atom. The number of carbonyl (C=O) groups excluding carboxylic acids is 2. The minimum atomic E-state index is -0.736. The summed E-state index contributed by atoms with van der Waals surface area (Å²) < 4.78 is 5.05.